The molecule has 3 N–H and O–H groups in total. The molecule has 3 atom stereocenters. The molecule has 4 rings (SSSR count). The zero-order valence-electron chi connectivity index (χ0n) is 19.1. The Morgan fingerprint density at radius 3 is 2.49 bits per heavy atom. The molecular formula is C25H26N4O6. The van der Waals surface area contributed by atoms with Gasteiger partial charge in [-0.1, -0.05) is 42.5 Å². The Morgan fingerprint density at radius 2 is 1.77 bits per heavy atom. The van der Waals surface area contributed by atoms with Crippen molar-refractivity contribution in [2.24, 2.45) is 0 Å². The molecule has 0 saturated carbocycles. The molecule has 1 aliphatic heterocycles. The van der Waals surface area contributed by atoms with Gasteiger partial charge < -0.3 is 20.3 Å². The number of aromatic nitrogens is 2. The van der Waals surface area contributed by atoms with Crippen molar-refractivity contribution in [2.45, 2.75) is 44.3 Å². The van der Waals surface area contributed by atoms with Crippen LogP contribution in [0, 0.1) is 0 Å². The standard InChI is InChI=1S/C25H26N4O6/c1-15(22(31)28-13-7-12-19(28)24(33)34)26-21(30)20(14-16-8-3-2-4-9-16)29-23(32)17-10-5-6-11-18(17)27-25(29)35/h2-6,8-11,15,19-20H,7,12-14H2,1H3,(H,26,30)(H,27,35)(H,33,34)/t15-,19-,20-/m0/s1. The van der Waals surface area contributed by atoms with Crippen molar-refractivity contribution in [3.63, 3.8) is 0 Å². The number of amides is 2. The third-order valence-electron chi connectivity index (χ3n) is 6.27. The largest absolute Gasteiger partial charge is 0.480 e. The molecule has 0 aliphatic carbocycles. The number of nitrogens with one attached hydrogen (secondary N) is 2. The van der Waals surface area contributed by atoms with Crippen LogP contribution in [0.25, 0.3) is 10.9 Å². The number of hydrogen-bond donors (Lipinski definition) is 3. The van der Waals surface area contributed by atoms with Crippen molar-refractivity contribution in [1.29, 1.82) is 0 Å². The van der Waals surface area contributed by atoms with Crippen LogP contribution >= 0.6 is 0 Å². The summed E-state index contributed by atoms with van der Waals surface area (Å²) < 4.78 is 0.873. The molecule has 0 radical (unpaired) electrons. The van der Waals surface area contributed by atoms with Gasteiger partial charge in [0, 0.05) is 13.0 Å². The molecule has 1 fully saturated rings. The van der Waals surface area contributed by atoms with E-state index >= 15 is 0 Å². The number of carboxylic acid groups (broad SMARTS) is 1. The van der Waals surface area contributed by atoms with Crippen LogP contribution in [0.3, 0.4) is 0 Å². The Morgan fingerprint density at radius 1 is 1.09 bits per heavy atom. The van der Waals surface area contributed by atoms with E-state index in [0.717, 1.165) is 10.1 Å². The first-order chi connectivity index (χ1) is 16.8. The lowest BCUT2D eigenvalue weighted by molar-refractivity contribution is -0.149. The molecule has 182 valence electrons. The molecule has 1 saturated heterocycles. The molecule has 10 heteroatoms. The second-order valence-electron chi connectivity index (χ2n) is 8.61. The van der Waals surface area contributed by atoms with E-state index in [0.29, 0.717) is 18.4 Å². The van der Waals surface area contributed by atoms with Crippen LogP contribution in [0.2, 0.25) is 0 Å². The van der Waals surface area contributed by atoms with Gasteiger partial charge in [-0.15, -0.1) is 0 Å². The van der Waals surface area contributed by atoms with Crippen molar-refractivity contribution in [1.82, 2.24) is 19.8 Å². The summed E-state index contributed by atoms with van der Waals surface area (Å²) in [7, 11) is 0. The molecule has 1 aliphatic rings. The normalized spacial score (nSPS) is 17.2. The number of aromatic amines is 1. The van der Waals surface area contributed by atoms with Gasteiger partial charge in [0.05, 0.1) is 10.9 Å². The summed E-state index contributed by atoms with van der Waals surface area (Å²) in [5, 5.41) is 12.2. The topological polar surface area (TPSA) is 142 Å². The van der Waals surface area contributed by atoms with Crippen LogP contribution in [0.15, 0.2) is 64.2 Å². The minimum Gasteiger partial charge on any atom is -0.480 e. The molecule has 2 aromatic carbocycles. The van der Waals surface area contributed by atoms with Crippen LogP contribution in [0.1, 0.15) is 31.4 Å². The van der Waals surface area contributed by atoms with Gasteiger partial charge in [0.2, 0.25) is 11.8 Å². The first-order valence-electron chi connectivity index (χ1n) is 11.4. The fourth-order valence-electron chi connectivity index (χ4n) is 4.50. The zero-order chi connectivity index (χ0) is 25.1. The molecule has 10 nitrogen and oxygen atoms in total. The third kappa shape index (κ3) is 4.86. The van der Waals surface area contributed by atoms with E-state index in [1.165, 1.54) is 11.8 Å². The predicted octanol–water partition coefficient (Wildman–Crippen LogP) is 1.05. The van der Waals surface area contributed by atoms with Gasteiger partial charge >= 0.3 is 11.7 Å². The van der Waals surface area contributed by atoms with Gasteiger partial charge in [-0.3, -0.25) is 14.4 Å². The monoisotopic (exact) mass is 478 g/mol. The molecule has 0 unspecified atom stereocenters. The van der Waals surface area contributed by atoms with Gasteiger partial charge in [-0.2, -0.15) is 0 Å². The van der Waals surface area contributed by atoms with Gasteiger partial charge in [-0.25, -0.2) is 14.2 Å². The molecular weight excluding hydrogens is 452 g/mol. The van der Waals surface area contributed by atoms with Crippen LogP contribution in [0.4, 0.5) is 0 Å². The summed E-state index contributed by atoms with van der Waals surface area (Å²) >= 11 is 0. The number of aliphatic carboxylic acids is 1. The summed E-state index contributed by atoms with van der Waals surface area (Å²) in [5.74, 6) is -2.31. The number of H-pyrrole nitrogens is 1. The van der Waals surface area contributed by atoms with Gasteiger partial charge in [0.1, 0.15) is 18.1 Å². The molecule has 35 heavy (non-hydrogen) atoms. The Labute approximate surface area is 200 Å². The lowest BCUT2D eigenvalue weighted by Crippen LogP contribution is -2.53. The van der Waals surface area contributed by atoms with Crippen LogP contribution < -0.4 is 16.6 Å². The zero-order valence-corrected chi connectivity index (χ0v) is 19.1. The van der Waals surface area contributed by atoms with E-state index in [-0.39, 0.29) is 18.4 Å². The van der Waals surface area contributed by atoms with E-state index in [1.54, 1.807) is 48.5 Å². The average molecular weight is 479 g/mol. The Bertz CT molecular complexity index is 1380. The van der Waals surface area contributed by atoms with Crippen molar-refractivity contribution in [2.75, 3.05) is 6.54 Å². The molecule has 0 bridgehead atoms. The summed E-state index contributed by atoms with van der Waals surface area (Å²) in [6.07, 6.45) is 0.943. The summed E-state index contributed by atoms with van der Waals surface area (Å²) in [6, 6.07) is 12.2. The molecule has 2 amide bonds. The van der Waals surface area contributed by atoms with E-state index in [2.05, 4.69) is 10.3 Å². The summed E-state index contributed by atoms with van der Waals surface area (Å²) in [5.41, 5.74) is -0.286. The molecule has 0 spiro atoms. The third-order valence-corrected chi connectivity index (χ3v) is 6.27. The first-order valence-corrected chi connectivity index (χ1v) is 11.4. The van der Waals surface area contributed by atoms with E-state index in [1.807, 2.05) is 6.07 Å². The minimum atomic E-state index is -1.23. The highest BCUT2D eigenvalue weighted by Crippen LogP contribution is 2.19. The highest BCUT2D eigenvalue weighted by Gasteiger charge is 2.37. The van der Waals surface area contributed by atoms with Crippen molar-refractivity contribution < 1.29 is 19.5 Å². The molecule has 3 aromatic rings. The maximum Gasteiger partial charge on any atom is 0.329 e. The number of nitrogens with zero attached hydrogens (tertiary/aromatic N) is 2. The number of carboxylic acids is 1. The number of hydrogen-bond acceptors (Lipinski definition) is 5. The summed E-state index contributed by atoms with van der Waals surface area (Å²) in [4.78, 5) is 67.9. The lowest BCUT2D eigenvalue weighted by atomic mass is 10.0. The lowest BCUT2D eigenvalue weighted by Gasteiger charge is -2.27. The fraction of sp³-hybridized carbons (Fsp3) is 0.320. The number of carbonyl (C=O) groups excluding carboxylic acids is 2. The number of fused-ring (bicyclic) bond motifs is 1. The number of carbonyl (C=O) groups is 3. The highest BCUT2D eigenvalue weighted by molar-refractivity contribution is 5.91. The van der Waals surface area contributed by atoms with Crippen LogP contribution in [-0.4, -0.2) is 56.0 Å². The van der Waals surface area contributed by atoms with Gasteiger partial charge in [0.25, 0.3) is 5.56 Å². The highest BCUT2D eigenvalue weighted by atomic mass is 16.4. The van der Waals surface area contributed by atoms with E-state index in [4.69, 9.17) is 0 Å². The quantitative estimate of drug-likeness (QED) is 0.464. The average Bonchev–Trinajstić information content (AvgIpc) is 3.34. The Balaban J connectivity index is 1.67. The van der Waals surface area contributed by atoms with Crippen molar-refractivity contribution in [3.05, 3.63) is 81.0 Å². The van der Waals surface area contributed by atoms with Gasteiger partial charge in [0.15, 0.2) is 0 Å². The Kier molecular flexibility index (Phi) is 6.81. The number of likely N-dealkylation sites (tertiary alicyclic amines) is 1. The summed E-state index contributed by atoms with van der Waals surface area (Å²) in [6.45, 7) is 1.75. The SMILES string of the molecule is C[C@H](NC(=O)[C@H](Cc1ccccc1)n1c(=O)[nH]c2ccccc2c1=O)C(=O)N1CCC[C@H]1C(=O)O. The predicted molar refractivity (Wildman–Crippen MR) is 128 cm³/mol. The molecule has 2 heterocycles. The van der Waals surface area contributed by atoms with Gasteiger partial charge in [-0.05, 0) is 37.5 Å². The maximum absolute atomic E-state index is 13.4. The fourth-order valence-corrected chi connectivity index (χ4v) is 4.50. The van der Waals surface area contributed by atoms with Crippen LogP contribution in [0.5, 0.6) is 0 Å². The number of rotatable bonds is 7. The Hall–Kier alpha value is -4.21. The van der Waals surface area contributed by atoms with Crippen molar-refractivity contribution in [3.8, 4) is 0 Å². The minimum absolute atomic E-state index is 0.0381. The first kappa shape index (κ1) is 23.9. The maximum atomic E-state index is 13.4. The second kappa shape index (κ2) is 9.96. The molecule has 1 aromatic heterocycles. The van der Waals surface area contributed by atoms with E-state index < -0.39 is 47.2 Å². The second-order valence-corrected chi connectivity index (χ2v) is 8.61. The smallest absolute Gasteiger partial charge is 0.329 e. The van der Waals surface area contributed by atoms with E-state index in [9.17, 15) is 29.1 Å². The van der Waals surface area contributed by atoms with Crippen molar-refractivity contribution >= 4 is 28.7 Å². The number of benzene rings is 2. The number of para-hydroxylation sites is 1. The van der Waals surface area contributed by atoms with Crippen LogP contribution in [-0.2, 0) is 20.8 Å².